The Bertz CT molecular complexity index is 1470. The minimum Gasteiger partial charge on any atom is -0.497 e. The molecule has 1 amide bonds. The number of methoxy groups -OCH3 is 1. The lowest BCUT2D eigenvalue weighted by molar-refractivity contribution is 0.0951. The van der Waals surface area contributed by atoms with E-state index in [9.17, 15) is 14.4 Å². The van der Waals surface area contributed by atoms with Crippen molar-refractivity contribution in [1.82, 2.24) is 14.5 Å². The van der Waals surface area contributed by atoms with Gasteiger partial charge in [0.2, 0.25) is 0 Å². The van der Waals surface area contributed by atoms with Crippen molar-refractivity contribution in [3.63, 3.8) is 0 Å². The fourth-order valence-corrected chi connectivity index (χ4v) is 3.85. The Morgan fingerprint density at radius 2 is 1.59 bits per heavy atom. The molecule has 0 radical (unpaired) electrons. The number of nitrogens with zero attached hydrogens (tertiary/aromatic N) is 2. The van der Waals surface area contributed by atoms with Gasteiger partial charge in [0, 0.05) is 18.7 Å². The fraction of sp³-hybridized carbons (Fsp3) is 0.148. The van der Waals surface area contributed by atoms with E-state index >= 15 is 0 Å². The molecule has 1 aromatic heterocycles. The minimum atomic E-state index is -0.597. The van der Waals surface area contributed by atoms with E-state index in [1.165, 1.54) is 9.13 Å². The summed E-state index contributed by atoms with van der Waals surface area (Å²) in [7, 11) is 1.60. The monoisotopic (exact) mass is 455 g/mol. The summed E-state index contributed by atoms with van der Waals surface area (Å²) >= 11 is 0. The lowest BCUT2D eigenvalue weighted by Gasteiger charge is -2.14. The van der Waals surface area contributed by atoms with Gasteiger partial charge in [0.25, 0.3) is 5.91 Å². The summed E-state index contributed by atoms with van der Waals surface area (Å²) in [6.07, 6.45) is 1.59. The Morgan fingerprint density at radius 3 is 2.26 bits per heavy atom. The normalized spacial score (nSPS) is 10.7. The van der Waals surface area contributed by atoms with Crippen LogP contribution in [0.25, 0.3) is 11.0 Å². The molecule has 1 N–H and O–H groups in total. The highest BCUT2D eigenvalue weighted by Gasteiger charge is 2.13. The van der Waals surface area contributed by atoms with E-state index in [4.69, 9.17) is 4.74 Å². The van der Waals surface area contributed by atoms with Crippen LogP contribution >= 0.6 is 0 Å². The molecule has 4 aromatic rings. The molecule has 0 saturated heterocycles. The van der Waals surface area contributed by atoms with Crippen LogP contribution in [-0.4, -0.2) is 22.2 Å². The number of amides is 1. The van der Waals surface area contributed by atoms with E-state index in [0.29, 0.717) is 23.1 Å². The zero-order chi connectivity index (χ0) is 24.1. The second kappa shape index (κ2) is 10.0. The van der Waals surface area contributed by atoms with Crippen molar-refractivity contribution in [3.8, 4) is 5.75 Å². The molecule has 172 valence electrons. The molecular formula is C27H25N3O4. The largest absolute Gasteiger partial charge is 0.497 e. The van der Waals surface area contributed by atoms with Crippen LogP contribution in [-0.2, 0) is 19.6 Å². The number of hydrogen-bond acceptors (Lipinski definition) is 4. The topological polar surface area (TPSA) is 82.3 Å². The van der Waals surface area contributed by atoms with Crippen LogP contribution in [0.3, 0.4) is 0 Å². The fourth-order valence-electron chi connectivity index (χ4n) is 3.85. The Morgan fingerprint density at radius 1 is 0.912 bits per heavy atom. The molecule has 0 aliphatic rings. The van der Waals surface area contributed by atoms with E-state index < -0.39 is 11.1 Å². The predicted octanol–water partition coefficient (Wildman–Crippen LogP) is 3.34. The number of nitrogens with one attached hydrogen (secondary N) is 1. The Hall–Kier alpha value is -4.39. The maximum absolute atomic E-state index is 12.8. The third-order valence-electron chi connectivity index (χ3n) is 5.59. The van der Waals surface area contributed by atoms with Gasteiger partial charge in [0.05, 0.1) is 24.7 Å². The van der Waals surface area contributed by atoms with Gasteiger partial charge in [-0.1, -0.05) is 42.5 Å². The molecule has 0 unspecified atom stereocenters. The van der Waals surface area contributed by atoms with E-state index in [0.717, 1.165) is 16.9 Å². The molecule has 0 atom stereocenters. The van der Waals surface area contributed by atoms with E-state index in [1.54, 1.807) is 37.5 Å². The minimum absolute atomic E-state index is 0.205. The maximum atomic E-state index is 12.8. The van der Waals surface area contributed by atoms with Crippen molar-refractivity contribution in [3.05, 3.63) is 123 Å². The molecular weight excluding hydrogens is 430 g/mol. The summed E-state index contributed by atoms with van der Waals surface area (Å²) < 4.78 is 8.10. The van der Waals surface area contributed by atoms with Crippen molar-refractivity contribution in [1.29, 1.82) is 0 Å². The Labute approximate surface area is 196 Å². The van der Waals surface area contributed by atoms with Crippen LogP contribution in [0, 0.1) is 0 Å². The molecule has 3 aromatic carbocycles. The summed E-state index contributed by atoms with van der Waals surface area (Å²) in [5, 5.41) is 2.89. The third-order valence-corrected chi connectivity index (χ3v) is 5.59. The van der Waals surface area contributed by atoms with Gasteiger partial charge in [-0.2, -0.15) is 0 Å². The number of aromatic nitrogens is 2. The molecule has 7 nitrogen and oxygen atoms in total. The molecule has 0 aliphatic heterocycles. The zero-order valence-corrected chi connectivity index (χ0v) is 18.9. The third kappa shape index (κ3) is 4.68. The summed E-state index contributed by atoms with van der Waals surface area (Å²) in [4.78, 5) is 38.1. The number of carbonyl (C=O) groups is 1. The van der Waals surface area contributed by atoms with Gasteiger partial charge in [0.15, 0.2) is 0 Å². The van der Waals surface area contributed by atoms with E-state index in [2.05, 4.69) is 11.9 Å². The van der Waals surface area contributed by atoms with Crippen LogP contribution in [0.2, 0.25) is 0 Å². The van der Waals surface area contributed by atoms with Crippen molar-refractivity contribution in [2.75, 3.05) is 7.11 Å². The van der Waals surface area contributed by atoms with Gasteiger partial charge in [-0.05, 0) is 47.5 Å². The number of hydrogen-bond donors (Lipinski definition) is 1. The first-order chi connectivity index (χ1) is 16.5. The molecule has 1 heterocycles. The quantitative estimate of drug-likeness (QED) is 0.326. The second-order valence-corrected chi connectivity index (χ2v) is 7.82. The molecule has 0 bridgehead atoms. The van der Waals surface area contributed by atoms with Crippen LogP contribution in [0.5, 0.6) is 5.75 Å². The first-order valence-corrected chi connectivity index (χ1v) is 10.8. The van der Waals surface area contributed by atoms with E-state index in [-0.39, 0.29) is 19.0 Å². The maximum Gasteiger partial charge on any atom is 0.317 e. The van der Waals surface area contributed by atoms with Crippen LogP contribution in [0.1, 0.15) is 21.5 Å². The number of ether oxygens (including phenoxy) is 1. The van der Waals surface area contributed by atoms with Crippen LogP contribution in [0.4, 0.5) is 0 Å². The van der Waals surface area contributed by atoms with Gasteiger partial charge in [-0.25, -0.2) is 0 Å². The molecule has 0 spiro atoms. The van der Waals surface area contributed by atoms with Crippen molar-refractivity contribution < 1.29 is 9.53 Å². The van der Waals surface area contributed by atoms with E-state index in [1.807, 2.05) is 48.5 Å². The Balaban J connectivity index is 1.54. The molecule has 0 fully saturated rings. The number of para-hydroxylation sites is 2. The summed E-state index contributed by atoms with van der Waals surface area (Å²) in [6.45, 7) is 4.53. The van der Waals surface area contributed by atoms with Gasteiger partial charge in [0.1, 0.15) is 5.75 Å². The van der Waals surface area contributed by atoms with Crippen molar-refractivity contribution >= 4 is 16.9 Å². The average molecular weight is 456 g/mol. The lowest BCUT2D eigenvalue weighted by Crippen LogP contribution is -2.41. The lowest BCUT2D eigenvalue weighted by atomic mass is 10.1. The van der Waals surface area contributed by atoms with Crippen LogP contribution in [0.15, 0.2) is 95.0 Å². The number of fused-ring (bicyclic) bond motifs is 1. The first-order valence-electron chi connectivity index (χ1n) is 10.8. The number of allylic oxidation sites excluding steroid dienone is 1. The highest BCUT2D eigenvalue weighted by molar-refractivity contribution is 5.94. The molecule has 7 heteroatoms. The smallest absolute Gasteiger partial charge is 0.317 e. The summed E-state index contributed by atoms with van der Waals surface area (Å²) in [5.41, 5.74) is 2.38. The summed E-state index contributed by atoms with van der Waals surface area (Å²) in [5.74, 6) is 0.528. The SMILES string of the molecule is C=CCn1c(=O)c(=O)n(Cc2ccc(C(=O)NCc3cccc(OC)c3)cc2)c2ccccc21. The second-order valence-electron chi connectivity index (χ2n) is 7.82. The average Bonchev–Trinajstić information content (AvgIpc) is 2.88. The van der Waals surface area contributed by atoms with Gasteiger partial charge >= 0.3 is 11.1 Å². The van der Waals surface area contributed by atoms with Gasteiger partial charge in [-0.15, -0.1) is 6.58 Å². The number of benzene rings is 3. The zero-order valence-electron chi connectivity index (χ0n) is 18.9. The van der Waals surface area contributed by atoms with Crippen molar-refractivity contribution in [2.45, 2.75) is 19.6 Å². The molecule has 0 saturated carbocycles. The first kappa shape index (κ1) is 22.8. The molecule has 34 heavy (non-hydrogen) atoms. The van der Waals surface area contributed by atoms with Gasteiger partial charge < -0.3 is 10.1 Å². The van der Waals surface area contributed by atoms with Gasteiger partial charge in [-0.3, -0.25) is 23.5 Å². The Kier molecular flexibility index (Phi) is 6.73. The van der Waals surface area contributed by atoms with Crippen molar-refractivity contribution in [2.24, 2.45) is 0 Å². The van der Waals surface area contributed by atoms with Crippen LogP contribution < -0.4 is 21.2 Å². The standard InChI is InChI=1S/C27H25N3O4/c1-3-15-29-23-9-4-5-10-24(23)30(27(33)26(29)32)18-19-11-13-21(14-12-19)25(31)28-17-20-7-6-8-22(16-20)34-2/h3-14,16H,1,15,17-18H2,2H3,(H,28,31). The molecule has 0 aliphatic carbocycles. The highest BCUT2D eigenvalue weighted by atomic mass is 16.5. The number of carbonyl (C=O) groups excluding carboxylic acids is 1. The highest BCUT2D eigenvalue weighted by Crippen LogP contribution is 2.14. The number of rotatable bonds is 8. The summed E-state index contributed by atoms with van der Waals surface area (Å²) in [6, 6.07) is 21.8. The predicted molar refractivity (Wildman–Crippen MR) is 132 cm³/mol. The molecule has 4 rings (SSSR count).